The van der Waals surface area contributed by atoms with E-state index in [1.54, 1.807) is 11.3 Å². The molecule has 2 aliphatic carbocycles. The number of benzene rings is 1. The summed E-state index contributed by atoms with van der Waals surface area (Å²) in [4.78, 5) is 34.9. The number of hydrogen-bond acceptors (Lipinski definition) is 4. The number of rotatable bonds is 6. The minimum Gasteiger partial charge on any atom is -0.355 e. The van der Waals surface area contributed by atoms with Crippen LogP contribution in [0, 0.1) is 0 Å². The van der Waals surface area contributed by atoms with Gasteiger partial charge in [0.1, 0.15) is 10.7 Å². The average molecular weight is 422 g/mol. The van der Waals surface area contributed by atoms with E-state index >= 15 is 0 Å². The summed E-state index contributed by atoms with van der Waals surface area (Å²) in [5, 5.41) is 3.93. The Labute approximate surface area is 179 Å². The monoisotopic (exact) mass is 421 g/mol. The zero-order valence-electron chi connectivity index (χ0n) is 17.1. The maximum atomic E-state index is 12.6. The van der Waals surface area contributed by atoms with Crippen LogP contribution in [-0.2, 0) is 29.5 Å². The zero-order chi connectivity index (χ0) is 20.6. The van der Waals surface area contributed by atoms with Gasteiger partial charge in [-0.25, -0.2) is 4.98 Å². The molecule has 5 rings (SSSR count). The van der Waals surface area contributed by atoms with Crippen molar-refractivity contribution in [2.24, 2.45) is 0 Å². The zero-order valence-corrected chi connectivity index (χ0v) is 17.9. The van der Waals surface area contributed by atoms with Crippen molar-refractivity contribution in [3.05, 3.63) is 62.5 Å². The minimum atomic E-state index is -0.0520. The lowest BCUT2D eigenvalue weighted by molar-refractivity contribution is -0.121. The molecule has 1 amide bonds. The van der Waals surface area contributed by atoms with Crippen LogP contribution in [0.5, 0.6) is 0 Å². The number of hydrogen-bond donors (Lipinski definition) is 2. The molecule has 156 valence electrons. The second-order valence-corrected chi connectivity index (χ2v) is 9.76. The fourth-order valence-corrected chi connectivity index (χ4v) is 6.45. The van der Waals surface area contributed by atoms with E-state index in [9.17, 15) is 9.59 Å². The molecule has 0 bridgehead atoms. The van der Waals surface area contributed by atoms with Crippen LogP contribution in [-0.4, -0.2) is 22.4 Å². The molecule has 0 atom stereocenters. The molecule has 2 N–H and O–H groups in total. The van der Waals surface area contributed by atoms with Crippen LogP contribution >= 0.6 is 11.3 Å². The van der Waals surface area contributed by atoms with Gasteiger partial charge in [0.15, 0.2) is 0 Å². The number of aryl methyl sites for hydroxylation is 3. The summed E-state index contributed by atoms with van der Waals surface area (Å²) in [6.45, 7) is 0.677. The fourth-order valence-electron chi connectivity index (χ4n) is 5.16. The predicted octanol–water partition coefficient (Wildman–Crippen LogP) is 4.03. The lowest BCUT2D eigenvalue weighted by Gasteiger charge is -2.30. The average Bonchev–Trinajstić information content (AvgIpc) is 3.48. The van der Waals surface area contributed by atoms with Crippen LogP contribution in [0.4, 0.5) is 0 Å². The van der Waals surface area contributed by atoms with Crippen LogP contribution in [0.1, 0.15) is 60.4 Å². The van der Waals surface area contributed by atoms with E-state index in [0.717, 1.165) is 42.3 Å². The van der Waals surface area contributed by atoms with Crippen molar-refractivity contribution in [2.75, 3.05) is 6.54 Å². The Bertz CT molecular complexity index is 1130. The Morgan fingerprint density at radius 1 is 1.13 bits per heavy atom. The predicted molar refractivity (Wildman–Crippen MR) is 120 cm³/mol. The van der Waals surface area contributed by atoms with Crippen LogP contribution in [0.15, 0.2) is 35.1 Å². The van der Waals surface area contributed by atoms with Crippen molar-refractivity contribution in [1.82, 2.24) is 15.3 Å². The summed E-state index contributed by atoms with van der Waals surface area (Å²) in [6, 6.07) is 10.6. The standard InChI is InChI=1S/C24H27N3O2S/c28-20(25-15-24(13-4-5-14-24)16-7-2-1-3-8-16)12-11-19-26-22(29)21-17-9-6-10-18(17)30-23(21)27-19/h1-3,7-8H,4-6,9-15H2,(H,25,28)(H,26,27,29). The topological polar surface area (TPSA) is 74.8 Å². The molecule has 0 unspecified atom stereocenters. The number of nitrogens with zero attached hydrogens (tertiary/aromatic N) is 1. The van der Waals surface area contributed by atoms with Gasteiger partial charge in [-0.1, -0.05) is 43.2 Å². The lowest BCUT2D eigenvalue weighted by Crippen LogP contribution is -2.39. The van der Waals surface area contributed by atoms with Gasteiger partial charge in [0.2, 0.25) is 5.91 Å². The van der Waals surface area contributed by atoms with E-state index in [0.29, 0.717) is 25.2 Å². The summed E-state index contributed by atoms with van der Waals surface area (Å²) in [6.07, 6.45) is 8.60. The molecular formula is C24H27N3O2S. The molecule has 0 spiro atoms. The number of fused-ring (bicyclic) bond motifs is 3. The van der Waals surface area contributed by atoms with Crippen molar-refractivity contribution < 1.29 is 4.79 Å². The largest absolute Gasteiger partial charge is 0.355 e. The van der Waals surface area contributed by atoms with Crippen molar-refractivity contribution in [3.8, 4) is 0 Å². The number of H-pyrrole nitrogens is 1. The van der Waals surface area contributed by atoms with Gasteiger partial charge in [0, 0.05) is 29.7 Å². The highest BCUT2D eigenvalue weighted by molar-refractivity contribution is 7.18. The summed E-state index contributed by atoms with van der Waals surface area (Å²) in [7, 11) is 0. The van der Waals surface area contributed by atoms with Crippen LogP contribution < -0.4 is 10.9 Å². The van der Waals surface area contributed by atoms with Crippen LogP contribution in [0.3, 0.4) is 0 Å². The maximum absolute atomic E-state index is 12.6. The summed E-state index contributed by atoms with van der Waals surface area (Å²) >= 11 is 1.64. The third-order valence-corrected chi connectivity index (χ3v) is 7.97. The molecule has 2 aromatic heterocycles. The molecule has 2 aliphatic rings. The Hall–Kier alpha value is -2.47. The molecule has 1 fully saturated rings. The minimum absolute atomic E-state index is 0.0219. The van der Waals surface area contributed by atoms with Crippen molar-refractivity contribution in [1.29, 1.82) is 0 Å². The lowest BCUT2D eigenvalue weighted by atomic mass is 9.79. The third kappa shape index (κ3) is 3.58. The van der Waals surface area contributed by atoms with Gasteiger partial charge in [-0.3, -0.25) is 9.59 Å². The van der Waals surface area contributed by atoms with Gasteiger partial charge in [0.25, 0.3) is 5.56 Å². The number of carbonyl (C=O) groups excluding carboxylic acids is 1. The molecule has 0 saturated heterocycles. The van der Waals surface area contributed by atoms with E-state index in [1.807, 2.05) is 6.07 Å². The quantitative estimate of drug-likeness (QED) is 0.631. The molecule has 0 aliphatic heterocycles. The molecule has 1 aromatic carbocycles. The molecule has 5 nitrogen and oxygen atoms in total. The molecule has 30 heavy (non-hydrogen) atoms. The van der Waals surface area contributed by atoms with E-state index in [2.05, 4.69) is 39.6 Å². The highest BCUT2D eigenvalue weighted by Gasteiger charge is 2.35. The molecule has 3 aromatic rings. The van der Waals surface area contributed by atoms with E-state index < -0.39 is 0 Å². The molecular weight excluding hydrogens is 394 g/mol. The summed E-state index contributed by atoms with van der Waals surface area (Å²) in [5.41, 5.74) is 2.52. The Kier molecular flexibility index (Phi) is 5.19. The van der Waals surface area contributed by atoms with Gasteiger partial charge in [-0.05, 0) is 43.2 Å². The van der Waals surface area contributed by atoms with E-state index in [1.165, 1.54) is 28.8 Å². The van der Waals surface area contributed by atoms with E-state index in [-0.39, 0.29) is 16.9 Å². The van der Waals surface area contributed by atoms with Crippen molar-refractivity contribution in [2.45, 2.75) is 63.2 Å². The van der Waals surface area contributed by atoms with Crippen molar-refractivity contribution in [3.63, 3.8) is 0 Å². The first kappa shape index (κ1) is 19.5. The number of aromatic amines is 1. The molecule has 2 heterocycles. The number of nitrogens with one attached hydrogen (secondary N) is 2. The summed E-state index contributed by atoms with van der Waals surface area (Å²) < 4.78 is 0. The first-order valence-electron chi connectivity index (χ1n) is 11.0. The first-order chi connectivity index (χ1) is 14.6. The smallest absolute Gasteiger partial charge is 0.259 e. The number of amides is 1. The Balaban J connectivity index is 1.24. The summed E-state index contributed by atoms with van der Waals surface area (Å²) in [5.74, 6) is 0.634. The number of aromatic nitrogens is 2. The highest BCUT2D eigenvalue weighted by Crippen LogP contribution is 2.40. The Morgan fingerprint density at radius 3 is 2.73 bits per heavy atom. The first-order valence-corrected chi connectivity index (χ1v) is 11.8. The fraction of sp³-hybridized carbons (Fsp3) is 0.458. The number of carbonyl (C=O) groups is 1. The third-order valence-electron chi connectivity index (χ3n) is 6.78. The maximum Gasteiger partial charge on any atom is 0.259 e. The van der Waals surface area contributed by atoms with E-state index in [4.69, 9.17) is 0 Å². The molecule has 1 saturated carbocycles. The number of thiophene rings is 1. The van der Waals surface area contributed by atoms with Gasteiger partial charge >= 0.3 is 0 Å². The van der Waals surface area contributed by atoms with Gasteiger partial charge in [-0.2, -0.15) is 0 Å². The second kappa shape index (κ2) is 7.99. The van der Waals surface area contributed by atoms with Gasteiger partial charge < -0.3 is 10.3 Å². The highest BCUT2D eigenvalue weighted by atomic mass is 32.1. The SMILES string of the molecule is O=C(CCc1nc2sc3c(c2c(=O)[nH]1)CCC3)NCC1(c2ccccc2)CCCC1. The molecule has 0 radical (unpaired) electrons. The van der Waals surface area contributed by atoms with Crippen LogP contribution in [0.25, 0.3) is 10.2 Å². The van der Waals surface area contributed by atoms with Crippen molar-refractivity contribution >= 4 is 27.5 Å². The van der Waals surface area contributed by atoms with Gasteiger partial charge in [0.05, 0.1) is 5.39 Å². The normalized spacial score (nSPS) is 17.3. The van der Waals surface area contributed by atoms with Crippen LogP contribution in [0.2, 0.25) is 0 Å². The van der Waals surface area contributed by atoms with Gasteiger partial charge in [-0.15, -0.1) is 11.3 Å². The Morgan fingerprint density at radius 2 is 1.93 bits per heavy atom. The second-order valence-electron chi connectivity index (χ2n) is 8.68. The molecule has 6 heteroatoms.